The van der Waals surface area contributed by atoms with Crippen LogP contribution in [0.15, 0.2) is 12.2 Å². The van der Waals surface area contributed by atoms with Crippen molar-refractivity contribution in [3.05, 3.63) is 12.2 Å². The first-order valence-corrected chi connectivity index (χ1v) is 18.7. The Morgan fingerprint density at radius 1 is 1.02 bits per heavy atom. The number of aliphatic hydroxyl groups excluding tert-OH is 1. The molecule has 4 heterocycles. The van der Waals surface area contributed by atoms with Gasteiger partial charge in [0.15, 0.2) is 5.79 Å². The Labute approximate surface area is 288 Å². The summed E-state index contributed by atoms with van der Waals surface area (Å²) >= 11 is 0. The van der Waals surface area contributed by atoms with Crippen molar-refractivity contribution in [2.24, 2.45) is 41.2 Å². The van der Waals surface area contributed by atoms with E-state index >= 15 is 0 Å². The Hall–Kier alpha value is -1.40. The van der Waals surface area contributed by atoms with E-state index in [-0.39, 0.29) is 84.5 Å². The molecule has 4 rings (SSSR count). The molecule has 0 amide bonds. The van der Waals surface area contributed by atoms with Crippen molar-refractivity contribution >= 4 is 11.8 Å². The molecular weight excluding hydrogens is 614 g/mol. The van der Waals surface area contributed by atoms with Crippen LogP contribution in [0.3, 0.4) is 0 Å². The standard InChI is InChI=1S/C38H65NO9/c1-9-28(34(43)22(3)18-23(4)35-21(2)10-11-27(46-35)20-33(41)42)36-24(5)19-25(6)38(48-36)17-14-29(39)31(47-38)15-16-37(8,44)32-13-12-30(40)26(7)45-32/h14,17,21-32,35-36,40,44H,9-13,15-16,18-20,39H2,1-8H3,(H,41,42)/t21-,22-,23-,24-,25+,26-,27+,28?,29+,30+,31-,32+,35+,36-,37?,38+/m0/s1. The second kappa shape index (κ2) is 16.3. The summed E-state index contributed by atoms with van der Waals surface area (Å²) in [4.78, 5) is 25.5. The normalized spacial score (nSPS) is 42.1. The van der Waals surface area contributed by atoms with Gasteiger partial charge in [0.1, 0.15) is 5.78 Å². The van der Waals surface area contributed by atoms with E-state index in [0.29, 0.717) is 44.4 Å². The predicted molar refractivity (Wildman–Crippen MR) is 183 cm³/mol. The summed E-state index contributed by atoms with van der Waals surface area (Å²) in [6, 6.07) is -0.363. The van der Waals surface area contributed by atoms with Gasteiger partial charge in [-0.25, -0.2) is 0 Å². The number of hydrogen-bond donors (Lipinski definition) is 4. The van der Waals surface area contributed by atoms with Crippen LogP contribution in [0.25, 0.3) is 0 Å². The van der Waals surface area contributed by atoms with Crippen molar-refractivity contribution < 1.29 is 43.9 Å². The lowest BCUT2D eigenvalue weighted by Crippen LogP contribution is -2.59. The van der Waals surface area contributed by atoms with E-state index in [0.717, 1.165) is 19.3 Å². The van der Waals surface area contributed by atoms with E-state index in [1.54, 1.807) is 6.92 Å². The number of carboxylic acids is 1. The molecule has 4 aliphatic heterocycles. The maximum Gasteiger partial charge on any atom is 0.305 e. The van der Waals surface area contributed by atoms with Gasteiger partial charge in [0.05, 0.1) is 54.7 Å². The first-order valence-electron chi connectivity index (χ1n) is 18.7. The topological polar surface area (TPSA) is 158 Å². The number of rotatable bonds is 13. The molecule has 0 radical (unpaired) electrons. The number of carbonyl (C=O) groups excluding carboxylic acids is 1. The lowest BCUT2D eigenvalue weighted by Gasteiger charge is -2.52. The van der Waals surface area contributed by atoms with Crippen LogP contribution in [0, 0.1) is 35.5 Å². The molecule has 5 N–H and O–H groups in total. The molecule has 1 spiro atoms. The summed E-state index contributed by atoms with van der Waals surface area (Å²) in [6.07, 6.45) is 7.56. The van der Waals surface area contributed by atoms with Crippen LogP contribution in [-0.2, 0) is 28.5 Å². The molecule has 16 atom stereocenters. The number of hydrogen-bond acceptors (Lipinski definition) is 9. The molecule has 3 saturated heterocycles. The van der Waals surface area contributed by atoms with Crippen LogP contribution >= 0.6 is 0 Å². The van der Waals surface area contributed by atoms with Gasteiger partial charge in [-0.1, -0.05) is 47.6 Å². The number of ketones is 1. The number of aliphatic hydroxyl groups is 2. The van der Waals surface area contributed by atoms with Gasteiger partial charge < -0.3 is 40.0 Å². The molecule has 276 valence electrons. The summed E-state index contributed by atoms with van der Waals surface area (Å²) in [5.74, 6) is -1.57. The van der Waals surface area contributed by atoms with E-state index in [1.807, 2.05) is 32.9 Å². The lowest BCUT2D eigenvalue weighted by molar-refractivity contribution is -0.315. The molecule has 10 nitrogen and oxygen atoms in total. The van der Waals surface area contributed by atoms with Gasteiger partial charge in [-0.05, 0) is 95.5 Å². The lowest BCUT2D eigenvalue weighted by atomic mass is 9.73. The van der Waals surface area contributed by atoms with Gasteiger partial charge in [0, 0.05) is 23.8 Å². The second-order valence-corrected chi connectivity index (χ2v) is 16.3. The molecule has 3 fully saturated rings. The number of aliphatic carboxylic acids is 1. The minimum atomic E-state index is -1.10. The predicted octanol–water partition coefficient (Wildman–Crippen LogP) is 5.40. The third-order valence-electron chi connectivity index (χ3n) is 12.1. The van der Waals surface area contributed by atoms with E-state index in [1.165, 1.54) is 0 Å². The van der Waals surface area contributed by atoms with Gasteiger partial charge in [-0.2, -0.15) is 0 Å². The van der Waals surface area contributed by atoms with Crippen molar-refractivity contribution in [3.8, 4) is 0 Å². The van der Waals surface area contributed by atoms with Crippen LogP contribution in [0.5, 0.6) is 0 Å². The highest BCUT2D eigenvalue weighted by atomic mass is 16.7. The Kier molecular flexibility index (Phi) is 13.4. The molecular formula is C38H65NO9. The highest BCUT2D eigenvalue weighted by Crippen LogP contribution is 2.46. The van der Waals surface area contributed by atoms with Crippen LogP contribution < -0.4 is 5.73 Å². The fourth-order valence-corrected chi connectivity index (χ4v) is 8.98. The average Bonchev–Trinajstić information content (AvgIpc) is 3.02. The molecule has 0 bridgehead atoms. The molecule has 0 aromatic rings. The van der Waals surface area contributed by atoms with Gasteiger partial charge >= 0.3 is 5.97 Å². The Bertz CT molecular complexity index is 1110. The Morgan fingerprint density at radius 3 is 2.38 bits per heavy atom. The van der Waals surface area contributed by atoms with Crippen LogP contribution in [0.1, 0.15) is 120 Å². The average molecular weight is 680 g/mol. The molecule has 0 aliphatic carbocycles. The van der Waals surface area contributed by atoms with E-state index < -0.39 is 23.5 Å². The molecule has 10 heteroatoms. The number of carboxylic acid groups (broad SMARTS) is 1. The van der Waals surface area contributed by atoms with Crippen molar-refractivity contribution in [2.45, 2.75) is 180 Å². The Balaban J connectivity index is 1.41. The minimum Gasteiger partial charge on any atom is -0.481 e. The van der Waals surface area contributed by atoms with Gasteiger partial charge in [0.2, 0.25) is 0 Å². The van der Waals surface area contributed by atoms with Crippen molar-refractivity contribution in [3.63, 3.8) is 0 Å². The molecule has 0 aromatic carbocycles. The fraction of sp³-hybridized carbons (Fsp3) is 0.895. The van der Waals surface area contributed by atoms with Crippen LogP contribution in [0.2, 0.25) is 0 Å². The zero-order valence-corrected chi connectivity index (χ0v) is 30.7. The van der Waals surface area contributed by atoms with E-state index in [2.05, 4.69) is 27.7 Å². The van der Waals surface area contributed by atoms with Gasteiger partial charge in [-0.15, -0.1) is 0 Å². The molecule has 0 saturated carbocycles. The highest BCUT2D eigenvalue weighted by Gasteiger charge is 2.52. The summed E-state index contributed by atoms with van der Waals surface area (Å²) in [6.45, 7) is 16.2. The van der Waals surface area contributed by atoms with Crippen LogP contribution in [0.4, 0.5) is 0 Å². The van der Waals surface area contributed by atoms with E-state index in [4.69, 9.17) is 24.7 Å². The SMILES string of the molecule is CCC(C(=O)[C@@H](C)C[C@H](C)[C@@H]1O[C@@H](CC(=O)O)CC[C@@H]1C)[C@H]1O[C@]2(C=C[C@@H](N)[C@H](CCC(C)(O)[C@H]3CC[C@@H](O)[C@H](C)O3)O2)[C@H](C)C[C@@H]1C. The number of nitrogens with two attached hydrogens (primary N) is 1. The third-order valence-corrected chi connectivity index (χ3v) is 12.1. The fourth-order valence-electron chi connectivity index (χ4n) is 8.98. The highest BCUT2D eigenvalue weighted by molar-refractivity contribution is 5.83. The summed E-state index contributed by atoms with van der Waals surface area (Å²) in [7, 11) is 0. The zero-order valence-electron chi connectivity index (χ0n) is 30.7. The Morgan fingerprint density at radius 2 is 1.73 bits per heavy atom. The van der Waals surface area contributed by atoms with Gasteiger partial charge in [-0.3, -0.25) is 9.59 Å². The first kappa shape index (κ1) is 39.4. The number of carbonyl (C=O) groups is 2. The largest absolute Gasteiger partial charge is 0.481 e. The van der Waals surface area contributed by atoms with Crippen molar-refractivity contribution in [2.75, 3.05) is 0 Å². The van der Waals surface area contributed by atoms with Crippen molar-refractivity contribution in [1.29, 1.82) is 0 Å². The third kappa shape index (κ3) is 9.09. The quantitative estimate of drug-likeness (QED) is 0.186. The summed E-state index contributed by atoms with van der Waals surface area (Å²) in [5.41, 5.74) is 5.44. The number of ether oxygens (including phenoxy) is 4. The maximum atomic E-state index is 14.2. The molecule has 0 aromatic heterocycles. The molecule has 2 unspecified atom stereocenters. The smallest absolute Gasteiger partial charge is 0.305 e. The van der Waals surface area contributed by atoms with E-state index in [9.17, 15) is 24.9 Å². The van der Waals surface area contributed by atoms with Crippen LogP contribution in [-0.4, -0.2) is 87.2 Å². The zero-order chi connectivity index (χ0) is 35.6. The molecule has 48 heavy (non-hydrogen) atoms. The molecule has 4 aliphatic rings. The summed E-state index contributed by atoms with van der Waals surface area (Å²) < 4.78 is 25.9. The van der Waals surface area contributed by atoms with Crippen molar-refractivity contribution in [1.82, 2.24) is 0 Å². The maximum absolute atomic E-state index is 14.2. The second-order valence-electron chi connectivity index (χ2n) is 16.3. The summed E-state index contributed by atoms with van der Waals surface area (Å²) in [5, 5.41) is 30.8. The first-order chi connectivity index (χ1) is 22.5. The number of Topliss-reactive ketones (excluding diaryl/α,β-unsaturated/α-hetero) is 1. The monoisotopic (exact) mass is 679 g/mol. The van der Waals surface area contributed by atoms with Gasteiger partial charge in [0.25, 0.3) is 0 Å². The minimum absolute atomic E-state index is 0.0141.